The van der Waals surface area contributed by atoms with Crippen LogP contribution in [0.15, 0.2) is 18.5 Å². The van der Waals surface area contributed by atoms with E-state index in [1.807, 2.05) is 0 Å². The number of nitrogen functional groups attached to an aromatic ring is 1. The molecule has 0 saturated carbocycles. The van der Waals surface area contributed by atoms with Crippen molar-refractivity contribution in [3.05, 3.63) is 24.2 Å². The molecule has 0 amide bonds. The summed E-state index contributed by atoms with van der Waals surface area (Å²) in [6.07, 6.45) is -5.74. The fourth-order valence-electron chi connectivity index (χ4n) is 2.76. The van der Waals surface area contributed by atoms with Crippen molar-refractivity contribution in [3.8, 4) is 0 Å². The van der Waals surface area contributed by atoms with Crippen LogP contribution in [-0.4, -0.2) is 64.3 Å². The first kappa shape index (κ1) is 24.3. The third-order valence-electron chi connectivity index (χ3n) is 3.94. The zero-order valence-corrected chi connectivity index (χ0v) is 17.7. The molecule has 2 aromatic heterocycles. The number of halogens is 1. The van der Waals surface area contributed by atoms with E-state index in [1.165, 1.54) is 16.6 Å². The fourth-order valence-corrected chi connectivity index (χ4v) is 5.79. The van der Waals surface area contributed by atoms with Crippen LogP contribution >= 0.6 is 23.5 Å². The monoisotopic (exact) mass is 508 g/mol. The second-order valence-electron chi connectivity index (χ2n) is 6.12. The molecule has 0 bridgehead atoms. The molecule has 6 atom stereocenters. The van der Waals surface area contributed by atoms with Crippen LogP contribution in [0, 0.1) is 0 Å². The Balaban J connectivity index is 1.69. The zero-order chi connectivity index (χ0) is 23.2. The van der Waals surface area contributed by atoms with E-state index in [0.29, 0.717) is 5.52 Å². The maximum atomic E-state index is 14.6. The third-order valence-corrected chi connectivity index (χ3v) is 7.74. The Hall–Kier alpha value is -1.32. The van der Waals surface area contributed by atoms with Gasteiger partial charge in [0.2, 0.25) is 0 Å². The molecule has 3 unspecified atom stereocenters. The average Bonchev–Trinajstić information content (AvgIpc) is 3.13. The molecule has 0 aliphatic carbocycles. The number of aliphatic hydroxyl groups excluding tert-OH is 1. The topological polar surface area (TPSA) is 245 Å². The summed E-state index contributed by atoms with van der Waals surface area (Å²) in [7, 11) is -16.7. The van der Waals surface area contributed by atoms with Crippen molar-refractivity contribution >= 4 is 34.8 Å². The van der Waals surface area contributed by atoms with Crippen molar-refractivity contribution in [2.75, 3.05) is 12.3 Å². The summed E-state index contributed by atoms with van der Waals surface area (Å²) in [6, 6.07) is 2.89. The predicted octanol–water partition coefficient (Wildman–Crippen LogP) is -0.206. The second-order valence-corrected chi connectivity index (χ2v) is 10.5. The highest BCUT2D eigenvalue weighted by atomic mass is 31.3. The highest BCUT2D eigenvalue weighted by molar-refractivity contribution is 7.66. The molecular weight excluding hydrogens is 492 g/mol. The van der Waals surface area contributed by atoms with Crippen LogP contribution in [0.1, 0.15) is 11.8 Å². The number of ether oxygens (including phenoxy) is 1. The van der Waals surface area contributed by atoms with Crippen molar-refractivity contribution in [3.63, 3.8) is 0 Å². The number of aromatic nitrogens is 3. The molecule has 31 heavy (non-hydrogen) atoms. The van der Waals surface area contributed by atoms with E-state index in [4.69, 9.17) is 25.2 Å². The van der Waals surface area contributed by atoms with Gasteiger partial charge < -0.3 is 35.2 Å². The lowest BCUT2D eigenvalue weighted by Gasteiger charge is -2.19. The Morgan fingerprint density at radius 3 is 2.48 bits per heavy atom. The minimum Gasteiger partial charge on any atom is -0.387 e. The molecule has 3 rings (SSSR count). The lowest BCUT2D eigenvalue weighted by atomic mass is 10.1. The molecule has 20 heteroatoms. The molecule has 1 saturated heterocycles. The van der Waals surface area contributed by atoms with E-state index in [9.17, 15) is 28.1 Å². The lowest BCUT2D eigenvalue weighted by Crippen LogP contribution is -2.31. The Labute approximate surface area is 171 Å². The number of phosphoric ester groups is 1. The van der Waals surface area contributed by atoms with Gasteiger partial charge in [-0.15, -0.1) is 0 Å². The number of fused-ring (bicyclic) bond motifs is 1. The minimum absolute atomic E-state index is 0.0967. The van der Waals surface area contributed by atoms with Crippen molar-refractivity contribution in [1.82, 2.24) is 14.6 Å². The van der Waals surface area contributed by atoms with Gasteiger partial charge in [-0.05, 0) is 12.1 Å². The Kier molecular flexibility index (Phi) is 6.71. The Morgan fingerprint density at radius 1 is 1.16 bits per heavy atom. The molecule has 3 heterocycles. The first-order valence-electron chi connectivity index (χ1n) is 8.03. The smallest absolute Gasteiger partial charge is 0.387 e. The van der Waals surface area contributed by atoms with Gasteiger partial charge in [0.1, 0.15) is 30.2 Å². The molecule has 0 spiro atoms. The summed E-state index contributed by atoms with van der Waals surface area (Å²) in [5.74, 6) is 0.0967. The van der Waals surface area contributed by atoms with Crippen LogP contribution in [0.5, 0.6) is 0 Å². The van der Waals surface area contributed by atoms with E-state index < -0.39 is 54.6 Å². The van der Waals surface area contributed by atoms with E-state index in [2.05, 4.69) is 23.2 Å². The molecule has 0 aromatic carbocycles. The molecule has 174 valence electrons. The summed E-state index contributed by atoms with van der Waals surface area (Å²) in [6.45, 7) is -1.01. The molecular formula is C11H16FN4O12P3. The van der Waals surface area contributed by atoms with Gasteiger partial charge in [0.25, 0.3) is 0 Å². The number of hydrogen-bond donors (Lipinski definition) is 6. The summed E-state index contributed by atoms with van der Waals surface area (Å²) in [5.41, 5.74) is 6.16. The number of nitrogens with two attached hydrogens (primary N) is 1. The van der Waals surface area contributed by atoms with Crippen LogP contribution in [0.4, 0.5) is 10.2 Å². The summed E-state index contributed by atoms with van der Waals surface area (Å²) in [4.78, 5) is 39.3. The number of anilines is 1. The molecule has 16 nitrogen and oxygen atoms in total. The molecule has 1 fully saturated rings. The summed E-state index contributed by atoms with van der Waals surface area (Å²) >= 11 is 0. The number of phosphoric acid groups is 3. The third kappa shape index (κ3) is 5.73. The average molecular weight is 508 g/mol. The second kappa shape index (κ2) is 8.56. The first-order chi connectivity index (χ1) is 14.2. The largest absolute Gasteiger partial charge is 0.490 e. The number of nitrogens with zero attached hydrogens (tertiary/aromatic N) is 3. The van der Waals surface area contributed by atoms with Crippen LogP contribution in [0.2, 0.25) is 0 Å². The van der Waals surface area contributed by atoms with Gasteiger partial charge in [0.15, 0.2) is 12.0 Å². The summed E-state index contributed by atoms with van der Waals surface area (Å²) < 4.78 is 66.3. The number of aliphatic hydroxyl groups is 1. The van der Waals surface area contributed by atoms with Crippen molar-refractivity contribution in [2.24, 2.45) is 0 Å². The van der Waals surface area contributed by atoms with Gasteiger partial charge in [-0.25, -0.2) is 27.6 Å². The molecule has 1 aliphatic heterocycles. The Bertz CT molecular complexity index is 1110. The number of hydrogen-bond acceptors (Lipinski definition) is 11. The fraction of sp³-hybridized carbons (Fsp3) is 0.455. The molecule has 1 aliphatic rings. The zero-order valence-electron chi connectivity index (χ0n) is 15.0. The van der Waals surface area contributed by atoms with Crippen LogP contribution in [0.3, 0.4) is 0 Å². The van der Waals surface area contributed by atoms with Crippen LogP contribution < -0.4 is 5.73 Å². The predicted molar refractivity (Wildman–Crippen MR) is 95.7 cm³/mol. The highest BCUT2D eigenvalue weighted by Crippen LogP contribution is 2.66. The van der Waals surface area contributed by atoms with Gasteiger partial charge >= 0.3 is 23.5 Å². The molecule has 7 N–H and O–H groups in total. The van der Waals surface area contributed by atoms with Crippen molar-refractivity contribution in [1.29, 1.82) is 0 Å². The van der Waals surface area contributed by atoms with Gasteiger partial charge in [0, 0.05) is 0 Å². The van der Waals surface area contributed by atoms with Crippen molar-refractivity contribution in [2.45, 2.75) is 24.5 Å². The van der Waals surface area contributed by atoms with Crippen molar-refractivity contribution < 1.29 is 60.6 Å². The van der Waals surface area contributed by atoms with E-state index in [1.54, 1.807) is 0 Å². The highest BCUT2D eigenvalue weighted by Gasteiger charge is 2.48. The van der Waals surface area contributed by atoms with E-state index in [-0.39, 0.29) is 11.5 Å². The van der Waals surface area contributed by atoms with Gasteiger partial charge in [-0.3, -0.25) is 4.52 Å². The van der Waals surface area contributed by atoms with Crippen LogP contribution in [-0.2, 0) is 31.6 Å². The number of rotatable bonds is 8. The van der Waals surface area contributed by atoms with Gasteiger partial charge in [-0.1, -0.05) is 0 Å². The normalized spacial score (nSPS) is 28.5. The van der Waals surface area contributed by atoms with E-state index >= 15 is 0 Å². The molecule has 2 aromatic rings. The van der Waals surface area contributed by atoms with Crippen LogP contribution in [0.25, 0.3) is 5.52 Å². The maximum Gasteiger partial charge on any atom is 0.490 e. The quantitative estimate of drug-likeness (QED) is 0.253. The van der Waals surface area contributed by atoms with Gasteiger partial charge in [0.05, 0.1) is 12.3 Å². The Morgan fingerprint density at radius 2 is 1.84 bits per heavy atom. The van der Waals surface area contributed by atoms with Gasteiger partial charge in [-0.2, -0.15) is 13.7 Å². The van der Waals surface area contributed by atoms with E-state index in [0.717, 1.165) is 6.33 Å². The first-order valence-corrected chi connectivity index (χ1v) is 12.6. The SMILES string of the molecule is Nc1ncnn2c(C3O[C@H](COP(=O)(O)OP(=O)(O)OP(=O)(O)O)[C@@H](O)[C@H]3F)ccc12. The number of alkyl halides is 1. The maximum absolute atomic E-state index is 14.6. The molecule has 0 radical (unpaired) electrons. The summed E-state index contributed by atoms with van der Waals surface area (Å²) in [5, 5.41) is 14.0. The minimum atomic E-state index is -5.72. The standard InChI is InChI=1S/C11H16FN4O12P3/c12-8-9(17)7(3-25-30(21,22)28-31(23,24)27-29(18,19)20)26-10(8)5-1-2-6-11(13)14-4-15-16(5)6/h1-2,4,7-10,17H,3H2,(H,21,22)(H,23,24)(H2,13,14,15)(H2,18,19,20)/t7-,8-,9-,10?/m1/s1. The lowest BCUT2D eigenvalue weighted by molar-refractivity contribution is -0.0235.